The van der Waals surface area contributed by atoms with E-state index >= 15 is 0 Å². The highest BCUT2D eigenvalue weighted by atomic mass is 32.2. The quantitative estimate of drug-likeness (QED) is 0.701. The second-order valence-electron chi connectivity index (χ2n) is 7.48. The van der Waals surface area contributed by atoms with Crippen LogP contribution in [0.5, 0.6) is 11.5 Å². The summed E-state index contributed by atoms with van der Waals surface area (Å²) in [6.07, 6.45) is 0.820. The Kier molecular flexibility index (Phi) is 7.17. The van der Waals surface area contributed by atoms with E-state index in [1.807, 2.05) is 6.92 Å². The summed E-state index contributed by atoms with van der Waals surface area (Å²) in [6, 6.07) is 10.4. The predicted octanol–water partition coefficient (Wildman–Crippen LogP) is 3.12. The Morgan fingerprint density at radius 2 is 1.74 bits per heavy atom. The number of rotatable bonds is 7. The van der Waals surface area contributed by atoms with Crippen molar-refractivity contribution in [3.05, 3.63) is 53.8 Å². The summed E-state index contributed by atoms with van der Waals surface area (Å²) in [5.41, 5.74) is 0.805. The molecule has 1 N–H and O–H groups in total. The Labute approximate surface area is 182 Å². The Morgan fingerprint density at radius 1 is 1.10 bits per heavy atom. The van der Waals surface area contributed by atoms with Crippen LogP contribution in [0.2, 0.25) is 0 Å². The number of ether oxygens (including phenoxy) is 2. The number of hydrogen-bond acceptors (Lipinski definition) is 5. The highest BCUT2D eigenvalue weighted by Crippen LogP contribution is 2.32. The molecule has 0 bridgehead atoms. The number of carbonyl (C=O) groups excluding carboxylic acids is 1. The van der Waals surface area contributed by atoms with E-state index in [1.54, 1.807) is 24.3 Å². The topological polar surface area (TPSA) is 84.9 Å². The molecule has 2 aromatic rings. The molecule has 31 heavy (non-hydrogen) atoms. The first-order chi connectivity index (χ1) is 14.8. The number of carbonyl (C=O) groups is 1. The molecule has 0 unspecified atom stereocenters. The number of amides is 1. The summed E-state index contributed by atoms with van der Waals surface area (Å²) in [7, 11) is -0.912. The minimum Gasteiger partial charge on any atom is -0.497 e. The molecule has 1 aliphatic rings. The molecule has 0 spiro atoms. The molecule has 1 heterocycles. The van der Waals surface area contributed by atoms with E-state index < -0.39 is 10.0 Å². The normalized spacial score (nSPS) is 16.5. The second-order valence-corrected chi connectivity index (χ2v) is 9.38. The van der Waals surface area contributed by atoms with Crippen LogP contribution in [0, 0.1) is 11.7 Å². The molecule has 7 nitrogen and oxygen atoms in total. The summed E-state index contributed by atoms with van der Waals surface area (Å²) < 4.78 is 51.2. The fraction of sp³-hybridized carbons (Fsp3) is 0.409. The molecule has 1 saturated heterocycles. The summed E-state index contributed by atoms with van der Waals surface area (Å²) in [5, 5.41) is 2.94. The van der Waals surface area contributed by atoms with Gasteiger partial charge in [0.25, 0.3) is 0 Å². The molecular formula is C22H27FN2O5S. The third kappa shape index (κ3) is 5.16. The minimum atomic E-state index is -3.80. The van der Waals surface area contributed by atoms with Crippen molar-refractivity contribution < 1.29 is 27.1 Å². The molecule has 9 heteroatoms. The predicted molar refractivity (Wildman–Crippen MR) is 114 cm³/mol. The number of methoxy groups -OCH3 is 2. The van der Waals surface area contributed by atoms with Crippen molar-refractivity contribution in [2.75, 3.05) is 27.3 Å². The van der Waals surface area contributed by atoms with E-state index in [-0.39, 0.29) is 47.4 Å². The number of halogens is 1. The molecule has 168 valence electrons. The van der Waals surface area contributed by atoms with Crippen molar-refractivity contribution in [3.63, 3.8) is 0 Å². The zero-order chi connectivity index (χ0) is 22.6. The molecule has 1 atom stereocenters. The van der Waals surface area contributed by atoms with Crippen LogP contribution in [-0.4, -0.2) is 45.9 Å². The highest BCUT2D eigenvalue weighted by Gasteiger charge is 2.34. The number of benzene rings is 2. The maximum Gasteiger partial charge on any atom is 0.246 e. The van der Waals surface area contributed by atoms with E-state index in [2.05, 4.69) is 5.32 Å². The van der Waals surface area contributed by atoms with Gasteiger partial charge >= 0.3 is 0 Å². The van der Waals surface area contributed by atoms with Crippen molar-refractivity contribution in [1.82, 2.24) is 9.62 Å². The molecule has 0 aliphatic carbocycles. The van der Waals surface area contributed by atoms with E-state index in [1.165, 1.54) is 36.7 Å². The van der Waals surface area contributed by atoms with Crippen molar-refractivity contribution in [3.8, 4) is 11.5 Å². The smallest absolute Gasteiger partial charge is 0.246 e. The zero-order valence-electron chi connectivity index (χ0n) is 17.8. The molecule has 1 amide bonds. The Balaban J connectivity index is 1.64. The van der Waals surface area contributed by atoms with Crippen LogP contribution in [-0.2, 0) is 14.8 Å². The molecule has 0 saturated carbocycles. The molecule has 2 aromatic carbocycles. The second kappa shape index (κ2) is 9.65. The first-order valence-electron chi connectivity index (χ1n) is 10.0. The first kappa shape index (κ1) is 23.0. The number of nitrogens with zero attached hydrogens (tertiary/aromatic N) is 1. The van der Waals surface area contributed by atoms with E-state index in [4.69, 9.17) is 9.47 Å². The van der Waals surface area contributed by atoms with Gasteiger partial charge in [-0.25, -0.2) is 12.8 Å². The third-order valence-electron chi connectivity index (χ3n) is 5.54. The summed E-state index contributed by atoms with van der Waals surface area (Å²) >= 11 is 0. The largest absolute Gasteiger partial charge is 0.497 e. The van der Waals surface area contributed by atoms with Crippen LogP contribution in [0.1, 0.15) is 31.4 Å². The molecule has 1 fully saturated rings. The molecular weight excluding hydrogens is 423 g/mol. The van der Waals surface area contributed by atoms with Crippen molar-refractivity contribution in [2.24, 2.45) is 5.92 Å². The van der Waals surface area contributed by atoms with Crippen LogP contribution >= 0.6 is 0 Å². The van der Waals surface area contributed by atoms with Crippen LogP contribution in [0.15, 0.2) is 47.4 Å². The number of hydrogen-bond donors (Lipinski definition) is 1. The van der Waals surface area contributed by atoms with Crippen molar-refractivity contribution in [2.45, 2.75) is 30.7 Å². The molecule has 1 aliphatic heterocycles. The minimum absolute atomic E-state index is 0.0437. The molecule has 0 aromatic heterocycles. The fourth-order valence-electron chi connectivity index (χ4n) is 3.65. The molecule has 0 radical (unpaired) electrons. The monoisotopic (exact) mass is 450 g/mol. The van der Waals surface area contributed by atoms with Gasteiger partial charge in [0.2, 0.25) is 15.9 Å². The zero-order valence-corrected chi connectivity index (χ0v) is 18.6. The lowest BCUT2D eigenvalue weighted by atomic mass is 9.96. The van der Waals surface area contributed by atoms with Crippen LogP contribution < -0.4 is 14.8 Å². The lowest BCUT2D eigenvalue weighted by Crippen LogP contribution is -2.43. The number of nitrogens with one attached hydrogen (secondary N) is 1. The van der Waals surface area contributed by atoms with Gasteiger partial charge in [-0.15, -0.1) is 0 Å². The van der Waals surface area contributed by atoms with Gasteiger partial charge in [-0.05, 0) is 49.6 Å². The van der Waals surface area contributed by atoms with Crippen LogP contribution in [0.25, 0.3) is 0 Å². The third-order valence-corrected chi connectivity index (χ3v) is 7.46. The van der Waals surface area contributed by atoms with Crippen LogP contribution in [0.4, 0.5) is 4.39 Å². The van der Waals surface area contributed by atoms with E-state index in [0.29, 0.717) is 18.6 Å². The average Bonchev–Trinajstić information content (AvgIpc) is 2.79. The maximum absolute atomic E-state index is 13.2. The van der Waals surface area contributed by atoms with Gasteiger partial charge in [0.15, 0.2) is 0 Å². The lowest BCUT2D eigenvalue weighted by molar-refractivity contribution is -0.126. The summed E-state index contributed by atoms with van der Waals surface area (Å²) in [5.74, 6) is -0.0879. The van der Waals surface area contributed by atoms with Crippen molar-refractivity contribution in [1.29, 1.82) is 0 Å². The summed E-state index contributed by atoms with van der Waals surface area (Å²) in [6.45, 7) is 2.29. The standard InChI is InChI=1S/C22H27FN2O5S/c1-15(16-4-6-18(23)7-5-16)24-22(26)17-10-12-25(13-11-17)31(27,28)21-14-19(29-2)8-9-20(21)30-3/h4-9,14-15,17H,10-13H2,1-3H3,(H,24,26)/t15-/m1/s1. The lowest BCUT2D eigenvalue weighted by Gasteiger charge is -2.31. The van der Waals surface area contributed by atoms with Crippen molar-refractivity contribution >= 4 is 15.9 Å². The van der Waals surface area contributed by atoms with Crippen LogP contribution in [0.3, 0.4) is 0 Å². The van der Waals surface area contributed by atoms with Gasteiger partial charge < -0.3 is 14.8 Å². The Bertz CT molecular complexity index is 1020. The van der Waals surface area contributed by atoms with Gasteiger partial charge in [-0.2, -0.15) is 4.31 Å². The van der Waals surface area contributed by atoms with E-state index in [0.717, 1.165) is 5.56 Å². The van der Waals surface area contributed by atoms with Gasteiger partial charge in [0.1, 0.15) is 22.2 Å². The SMILES string of the molecule is COc1ccc(OC)c(S(=O)(=O)N2CCC(C(=O)N[C@H](C)c3ccc(F)cc3)CC2)c1. The van der Waals surface area contributed by atoms with Gasteiger partial charge in [0, 0.05) is 25.1 Å². The Hall–Kier alpha value is -2.65. The average molecular weight is 451 g/mol. The highest BCUT2D eigenvalue weighted by molar-refractivity contribution is 7.89. The first-order valence-corrected chi connectivity index (χ1v) is 11.5. The number of sulfonamides is 1. The summed E-state index contributed by atoms with van der Waals surface area (Å²) in [4.78, 5) is 12.7. The Morgan fingerprint density at radius 3 is 2.32 bits per heavy atom. The van der Waals surface area contributed by atoms with E-state index in [9.17, 15) is 17.6 Å². The maximum atomic E-state index is 13.2. The van der Waals surface area contributed by atoms with Gasteiger partial charge in [-0.3, -0.25) is 4.79 Å². The fourth-order valence-corrected chi connectivity index (χ4v) is 5.29. The van der Waals surface area contributed by atoms with Gasteiger partial charge in [-0.1, -0.05) is 12.1 Å². The number of piperidine rings is 1. The molecule has 3 rings (SSSR count). The van der Waals surface area contributed by atoms with Gasteiger partial charge in [0.05, 0.1) is 20.3 Å².